The molecule has 2 aromatic rings. The molecule has 1 aliphatic heterocycles. The highest BCUT2D eigenvalue weighted by molar-refractivity contribution is 7.91. The second-order valence-electron chi connectivity index (χ2n) is 7.91. The number of carbonyl (C=O) groups is 1. The molecular formula is C23H30N2O4S. The van der Waals surface area contributed by atoms with Gasteiger partial charge in [0.05, 0.1) is 17.8 Å². The van der Waals surface area contributed by atoms with Crippen LogP contribution in [0.4, 0.5) is 0 Å². The molecule has 0 aromatic heterocycles. The van der Waals surface area contributed by atoms with Crippen molar-refractivity contribution in [3.8, 4) is 5.75 Å². The molecule has 30 heavy (non-hydrogen) atoms. The van der Waals surface area contributed by atoms with E-state index >= 15 is 0 Å². The zero-order valence-electron chi connectivity index (χ0n) is 17.9. The molecule has 0 atom stereocenters. The van der Waals surface area contributed by atoms with E-state index in [1.165, 1.54) is 12.7 Å². The number of benzene rings is 2. The van der Waals surface area contributed by atoms with Gasteiger partial charge in [-0.1, -0.05) is 32.0 Å². The van der Waals surface area contributed by atoms with Crippen LogP contribution in [-0.4, -0.2) is 69.7 Å². The first-order valence-electron chi connectivity index (χ1n) is 10.3. The predicted octanol–water partition coefficient (Wildman–Crippen LogP) is 3.05. The highest BCUT2D eigenvalue weighted by atomic mass is 32.2. The lowest BCUT2D eigenvalue weighted by Crippen LogP contribution is -2.49. The minimum atomic E-state index is -3.38. The zero-order chi connectivity index (χ0) is 21.7. The van der Waals surface area contributed by atoms with Crippen molar-refractivity contribution in [2.24, 2.45) is 0 Å². The van der Waals surface area contributed by atoms with Gasteiger partial charge in [-0.3, -0.25) is 9.69 Å². The molecule has 0 aliphatic carbocycles. The van der Waals surface area contributed by atoms with Gasteiger partial charge in [0, 0.05) is 38.3 Å². The fourth-order valence-electron chi connectivity index (χ4n) is 3.53. The van der Waals surface area contributed by atoms with Gasteiger partial charge < -0.3 is 9.64 Å². The first-order chi connectivity index (χ1) is 14.3. The molecule has 0 saturated carbocycles. The number of nitrogens with zero attached hydrogens (tertiary/aromatic N) is 2. The van der Waals surface area contributed by atoms with Crippen molar-refractivity contribution in [2.45, 2.75) is 24.7 Å². The van der Waals surface area contributed by atoms with Crippen LogP contribution in [0.2, 0.25) is 0 Å². The Morgan fingerprint density at radius 2 is 1.70 bits per heavy atom. The maximum Gasteiger partial charge on any atom is 0.253 e. The molecule has 0 unspecified atom stereocenters. The number of ether oxygens (including phenoxy) is 1. The van der Waals surface area contributed by atoms with Crippen LogP contribution in [0.25, 0.3) is 0 Å². The Morgan fingerprint density at radius 3 is 2.30 bits per heavy atom. The Kier molecular flexibility index (Phi) is 7.15. The van der Waals surface area contributed by atoms with Crippen molar-refractivity contribution in [1.82, 2.24) is 9.80 Å². The van der Waals surface area contributed by atoms with Gasteiger partial charge in [-0.05, 0) is 41.8 Å². The normalized spacial score (nSPS) is 15.4. The molecule has 1 amide bonds. The van der Waals surface area contributed by atoms with Crippen LogP contribution in [0, 0.1) is 0 Å². The number of rotatable bonds is 7. The van der Waals surface area contributed by atoms with E-state index < -0.39 is 9.84 Å². The summed E-state index contributed by atoms with van der Waals surface area (Å²) in [6.45, 7) is 7.25. The van der Waals surface area contributed by atoms with Gasteiger partial charge in [0.25, 0.3) is 5.91 Å². The first-order valence-corrected chi connectivity index (χ1v) is 11.9. The molecule has 1 fully saturated rings. The Bertz CT molecular complexity index is 963. The van der Waals surface area contributed by atoms with Gasteiger partial charge in [-0.2, -0.15) is 0 Å². The number of hydrogen-bond acceptors (Lipinski definition) is 5. The molecule has 6 nitrogen and oxygen atoms in total. The lowest BCUT2D eigenvalue weighted by Gasteiger charge is -2.34. The second-order valence-corrected chi connectivity index (χ2v) is 10.0. The number of carbonyl (C=O) groups excluding carboxylic acids is 1. The molecule has 0 spiro atoms. The van der Waals surface area contributed by atoms with E-state index in [4.69, 9.17) is 4.74 Å². The summed E-state index contributed by atoms with van der Waals surface area (Å²) in [6, 6.07) is 14.4. The number of piperazine rings is 1. The molecule has 162 valence electrons. The van der Waals surface area contributed by atoms with Crippen LogP contribution < -0.4 is 4.74 Å². The summed E-state index contributed by atoms with van der Waals surface area (Å²) in [4.78, 5) is 17.0. The molecule has 0 bridgehead atoms. The second kappa shape index (κ2) is 9.62. The van der Waals surface area contributed by atoms with Crippen molar-refractivity contribution in [3.63, 3.8) is 0 Å². The van der Waals surface area contributed by atoms with Gasteiger partial charge in [-0.25, -0.2) is 8.42 Å². The first kappa shape index (κ1) is 22.3. The Balaban J connectivity index is 1.52. The topological polar surface area (TPSA) is 66.9 Å². The van der Waals surface area contributed by atoms with Crippen molar-refractivity contribution in [1.29, 1.82) is 0 Å². The SMILES string of the molecule is COc1cccc(S(=O)(=O)CCN2CCN(C(=O)c3ccc(C(C)C)cc3)CC2)c1. The maximum atomic E-state index is 12.7. The Labute approximate surface area is 179 Å². The maximum absolute atomic E-state index is 12.7. The van der Waals surface area contributed by atoms with E-state index in [1.54, 1.807) is 24.3 Å². The van der Waals surface area contributed by atoms with E-state index in [-0.39, 0.29) is 16.6 Å². The number of methoxy groups -OCH3 is 1. The van der Waals surface area contributed by atoms with Gasteiger partial charge in [0.1, 0.15) is 5.75 Å². The van der Waals surface area contributed by atoms with Crippen molar-refractivity contribution < 1.29 is 17.9 Å². The fraction of sp³-hybridized carbons (Fsp3) is 0.435. The summed E-state index contributed by atoms with van der Waals surface area (Å²) in [6.07, 6.45) is 0. The molecule has 0 radical (unpaired) electrons. The van der Waals surface area contributed by atoms with Gasteiger partial charge in [0.2, 0.25) is 0 Å². The number of amides is 1. The molecular weight excluding hydrogens is 400 g/mol. The standard InChI is InChI=1S/C23H30N2O4S/c1-18(2)19-7-9-20(10-8-19)23(26)25-13-11-24(12-14-25)15-16-30(27,28)22-6-4-5-21(17-22)29-3/h4-10,17-18H,11-16H2,1-3H3. The van der Waals surface area contributed by atoms with Crippen molar-refractivity contribution in [3.05, 3.63) is 59.7 Å². The Morgan fingerprint density at radius 1 is 1.03 bits per heavy atom. The molecule has 1 saturated heterocycles. The lowest BCUT2D eigenvalue weighted by molar-refractivity contribution is 0.0644. The van der Waals surface area contributed by atoms with Crippen LogP contribution >= 0.6 is 0 Å². The minimum Gasteiger partial charge on any atom is -0.497 e. The molecule has 0 N–H and O–H groups in total. The molecule has 1 aliphatic rings. The summed E-state index contributed by atoms with van der Waals surface area (Å²) in [7, 11) is -1.86. The number of hydrogen-bond donors (Lipinski definition) is 0. The van der Waals surface area contributed by atoms with Crippen LogP contribution in [0.3, 0.4) is 0 Å². The van der Waals surface area contributed by atoms with Crippen LogP contribution in [0.1, 0.15) is 35.7 Å². The van der Waals surface area contributed by atoms with E-state index in [9.17, 15) is 13.2 Å². The summed E-state index contributed by atoms with van der Waals surface area (Å²) >= 11 is 0. The molecule has 3 rings (SSSR count). The smallest absolute Gasteiger partial charge is 0.253 e. The highest BCUT2D eigenvalue weighted by Crippen LogP contribution is 2.19. The summed E-state index contributed by atoms with van der Waals surface area (Å²) in [5, 5.41) is 0. The van der Waals surface area contributed by atoms with Gasteiger partial charge >= 0.3 is 0 Å². The minimum absolute atomic E-state index is 0.0361. The average Bonchev–Trinajstić information content (AvgIpc) is 2.77. The van der Waals surface area contributed by atoms with E-state index in [1.807, 2.05) is 29.2 Å². The third-order valence-corrected chi connectivity index (χ3v) is 7.25. The third-order valence-electron chi connectivity index (χ3n) is 5.56. The third kappa shape index (κ3) is 5.40. The summed E-state index contributed by atoms with van der Waals surface area (Å²) in [5.74, 6) is 1.05. The van der Waals surface area contributed by atoms with Gasteiger partial charge in [0.15, 0.2) is 9.84 Å². The molecule has 1 heterocycles. The Hall–Kier alpha value is -2.38. The fourth-order valence-corrected chi connectivity index (χ4v) is 4.85. The highest BCUT2D eigenvalue weighted by Gasteiger charge is 2.24. The van der Waals surface area contributed by atoms with E-state index in [0.717, 1.165) is 0 Å². The molecule has 7 heteroatoms. The molecule has 2 aromatic carbocycles. The largest absolute Gasteiger partial charge is 0.497 e. The van der Waals surface area contributed by atoms with Crippen molar-refractivity contribution in [2.75, 3.05) is 45.6 Å². The summed E-state index contributed by atoms with van der Waals surface area (Å²) < 4.78 is 30.4. The predicted molar refractivity (Wildman–Crippen MR) is 118 cm³/mol. The zero-order valence-corrected chi connectivity index (χ0v) is 18.7. The quantitative estimate of drug-likeness (QED) is 0.675. The summed E-state index contributed by atoms with van der Waals surface area (Å²) in [5.41, 5.74) is 1.92. The van der Waals surface area contributed by atoms with Crippen LogP contribution in [-0.2, 0) is 9.84 Å². The lowest BCUT2D eigenvalue weighted by atomic mass is 10.0. The van der Waals surface area contributed by atoms with Crippen LogP contribution in [0.15, 0.2) is 53.4 Å². The monoisotopic (exact) mass is 430 g/mol. The van der Waals surface area contributed by atoms with E-state index in [2.05, 4.69) is 18.7 Å². The number of sulfone groups is 1. The van der Waals surface area contributed by atoms with Gasteiger partial charge in [-0.15, -0.1) is 0 Å². The van der Waals surface area contributed by atoms with Crippen molar-refractivity contribution >= 4 is 15.7 Å². The average molecular weight is 431 g/mol. The van der Waals surface area contributed by atoms with Crippen LogP contribution in [0.5, 0.6) is 5.75 Å². The van der Waals surface area contributed by atoms with E-state index in [0.29, 0.717) is 50.0 Å².